The summed E-state index contributed by atoms with van der Waals surface area (Å²) >= 11 is 1.43. The number of aliphatic carboxylic acids is 1. The number of ether oxygens (including phenoxy) is 2. The number of hydrogen-bond acceptors (Lipinski definition) is 6. The summed E-state index contributed by atoms with van der Waals surface area (Å²) in [5, 5.41) is 8.94. The molecule has 6 nitrogen and oxygen atoms in total. The van der Waals surface area contributed by atoms with Gasteiger partial charge < -0.3 is 14.6 Å². The lowest BCUT2D eigenvalue weighted by atomic mass is 9.85. The summed E-state index contributed by atoms with van der Waals surface area (Å²) in [6.07, 6.45) is 39.8. The minimum atomic E-state index is -0.841. The third-order valence-electron chi connectivity index (χ3n) is 10.9. The van der Waals surface area contributed by atoms with Gasteiger partial charge >= 0.3 is 17.9 Å². The molecule has 1 unspecified atom stereocenters. The Balaban J connectivity index is 1.44. The first-order chi connectivity index (χ1) is 24.0. The summed E-state index contributed by atoms with van der Waals surface area (Å²) in [4.78, 5) is 35.8. The van der Waals surface area contributed by atoms with Gasteiger partial charge in [0.15, 0.2) is 0 Å². The predicted octanol–water partition coefficient (Wildman–Crippen LogP) is 12.4. The molecule has 1 N–H and O–H groups in total. The fourth-order valence-corrected chi connectivity index (χ4v) is 8.74. The Morgan fingerprint density at radius 1 is 0.531 bits per heavy atom. The lowest BCUT2D eigenvalue weighted by Gasteiger charge is -2.21. The van der Waals surface area contributed by atoms with Gasteiger partial charge in [-0.25, -0.2) is 0 Å². The maximum absolute atomic E-state index is 12.6. The maximum atomic E-state index is 12.6. The summed E-state index contributed by atoms with van der Waals surface area (Å²) in [5.41, 5.74) is 0. The highest BCUT2D eigenvalue weighted by Crippen LogP contribution is 2.29. The molecule has 0 saturated heterocycles. The summed E-state index contributed by atoms with van der Waals surface area (Å²) in [6, 6.07) is 0. The van der Waals surface area contributed by atoms with E-state index in [1.165, 1.54) is 166 Å². The Bertz CT molecular complexity index is 807. The predicted molar refractivity (Wildman–Crippen MR) is 205 cm³/mol. The van der Waals surface area contributed by atoms with Crippen LogP contribution in [0.1, 0.15) is 212 Å². The van der Waals surface area contributed by atoms with E-state index in [0.29, 0.717) is 24.3 Å². The molecular weight excluding hydrogens is 633 g/mol. The Kier molecular flexibility index (Phi) is 28.2. The Hall–Kier alpha value is -1.24. The van der Waals surface area contributed by atoms with E-state index in [1.807, 2.05) is 0 Å². The standard InChI is InChI=1S/C42H76O6S/c43-40(44)33-34-49-36-39(48-42(46)32-24-14-10-6-2-4-8-12-18-26-38-29-21-16-22-30-38)35-47-41(45)31-23-13-9-5-1-3-7-11-17-25-37-27-19-15-20-28-37/h37-39H,1-36H2,(H,43,44). The van der Waals surface area contributed by atoms with Crippen LogP contribution in [0.2, 0.25) is 0 Å². The fourth-order valence-electron chi connectivity index (χ4n) is 7.82. The highest BCUT2D eigenvalue weighted by atomic mass is 32.2. The van der Waals surface area contributed by atoms with Gasteiger partial charge in [-0.15, -0.1) is 0 Å². The molecule has 0 aromatic heterocycles. The molecule has 2 saturated carbocycles. The number of hydrogen-bond donors (Lipinski definition) is 1. The van der Waals surface area contributed by atoms with Crippen molar-refractivity contribution in [1.29, 1.82) is 0 Å². The largest absolute Gasteiger partial charge is 0.481 e. The average molecular weight is 709 g/mol. The van der Waals surface area contributed by atoms with Crippen LogP contribution in [0.5, 0.6) is 0 Å². The van der Waals surface area contributed by atoms with Crippen molar-refractivity contribution in [3.8, 4) is 0 Å². The van der Waals surface area contributed by atoms with Crippen LogP contribution in [-0.2, 0) is 23.9 Å². The van der Waals surface area contributed by atoms with Gasteiger partial charge in [-0.05, 0) is 24.7 Å². The zero-order valence-electron chi connectivity index (χ0n) is 31.6. The van der Waals surface area contributed by atoms with Crippen molar-refractivity contribution >= 4 is 29.7 Å². The fraction of sp³-hybridized carbons (Fsp3) is 0.929. The van der Waals surface area contributed by atoms with Gasteiger partial charge in [0, 0.05) is 24.3 Å². The molecule has 286 valence electrons. The Morgan fingerprint density at radius 2 is 0.939 bits per heavy atom. The first-order valence-electron chi connectivity index (χ1n) is 21.2. The third kappa shape index (κ3) is 27.1. The number of esters is 2. The van der Waals surface area contributed by atoms with Crippen LogP contribution in [0, 0.1) is 11.8 Å². The van der Waals surface area contributed by atoms with Crippen LogP contribution in [0.25, 0.3) is 0 Å². The molecule has 0 amide bonds. The van der Waals surface area contributed by atoms with E-state index in [-0.39, 0.29) is 25.0 Å². The number of carboxylic acid groups (broad SMARTS) is 1. The third-order valence-corrected chi connectivity index (χ3v) is 12.0. The highest BCUT2D eigenvalue weighted by Gasteiger charge is 2.18. The average Bonchev–Trinajstić information content (AvgIpc) is 3.11. The molecule has 0 bridgehead atoms. The lowest BCUT2D eigenvalue weighted by Crippen LogP contribution is -2.27. The zero-order valence-corrected chi connectivity index (χ0v) is 32.4. The van der Waals surface area contributed by atoms with Crippen molar-refractivity contribution in [2.75, 3.05) is 18.1 Å². The summed E-state index contributed by atoms with van der Waals surface area (Å²) in [5.74, 6) is 1.58. The quantitative estimate of drug-likeness (QED) is 0.0549. The van der Waals surface area contributed by atoms with E-state index in [9.17, 15) is 14.4 Å². The minimum Gasteiger partial charge on any atom is -0.481 e. The van der Waals surface area contributed by atoms with Crippen LogP contribution < -0.4 is 0 Å². The zero-order chi connectivity index (χ0) is 35.0. The Morgan fingerprint density at radius 3 is 1.39 bits per heavy atom. The molecule has 0 radical (unpaired) electrons. The van der Waals surface area contributed by atoms with Crippen molar-refractivity contribution in [3.05, 3.63) is 0 Å². The molecule has 2 rings (SSSR count). The second kappa shape index (κ2) is 31.5. The molecule has 1 atom stereocenters. The van der Waals surface area contributed by atoms with Gasteiger partial charge in [-0.2, -0.15) is 11.8 Å². The van der Waals surface area contributed by atoms with E-state index >= 15 is 0 Å². The van der Waals surface area contributed by atoms with Gasteiger partial charge in [-0.3, -0.25) is 14.4 Å². The lowest BCUT2D eigenvalue weighted by molar-refractivity contribution is -0.157. The number of carboxylic acids is 1. The van der Waals surface area contributed by atoms with Gasteiger partial charge in [0.2, 0.25) is 0 Å². The van der Waals surface area contributed by atoms with Crippen molar-refractivity contribution in [3.63, 3.8) is 0 Å². The molecule has 2 aliphatic carbocycles. The number of carbonyl (C=O) groups is 3. The number of unbranched alkanes of at least 4 members (excludes halogenated alkanes) is 16. The molecule has 0 aliphatic heterocycles. The topological polar surface area (TPSA) is 89.9 Å². The second-order valence-corrected chi connectivity index (χ2v) is 16.6. The van der Waals surface area contributed by atoms with Crippen LogP contribution >= 0.6 is 11.8 Å². The SMILES string of the molecule is O=C(O)CCSCC(COC(=O)CCCCCCCCCCCC1CCCCC1)OC(=O)CCCCCCCCCCCC1CCCCC1. The molecular formula is C42H76O6S. The van der Waals surface area contributed by atoms with Crippen LogP contribution in [0.3, 0.4) is 0 Å². The van der Waals surface area contributed by atoms with Crippen LogP contribution in [-0.4, -0.2) is 47.2 Å². The van der Waals surface area contributed by atoms with Gasteiger partial charge in [0.1, 0.15) is 12.7 Å². The molecule has 2 aliphatic rings. The molecule has 0 aromatic carbocycles. The van der Waals surface area contributed by atoms with E-state index in [0.717, 1.165) is 50.4 Å². The van der Waals surface area contributed by atoms with E-state index in [1.54, 1.807) is 0 Å². The highest BCUT2D eigenvalue weighted by molar-refractivity contribution is 7.99. The molecule has 7 heteroatoms. The molecule has 49 heavy (non-hydrogen) atoms. The van der Waals surface area contributed by atoms with Crippen molar-refractivity contribution in [2.45, 2.75) is 218 Å². The van der Waals surface area contributed by atoms with Gasteiger partial charge in [0.25, 0.3) is 0 Å². The summed E-state index contributed by atoms with van der Waals surface area (Å²) in [6.45, 7) is 0.0477. The van der Waals surface area contributed by atoms with Crippen molar-refractivity contribution in [1.82, 2.24) is 0 Å². The number of rotatable bonds is 32. The van der Waals surface area contributed by atoms with Crippen molar-refractivity contribution < 1.29 is 29.0 Å². The molecule has 0 spiro atoms. The summed E-state index contributed by atoms with van der Waals surface area (Å²) in [7, 11) is 0. The van der Waals surface area contributed by atoms with Gasteiger partial charge in [-0.1, -0.05) is 180 Å². The van der Waals surface area contributed by atoms with E-state index in [4.69, 9.17) is 14.6 Å². The minimum absolute atomic E-state index is 0.0477. The van der Waals surface area contributed by atoms with Gasteiger partial charge in [0.05, 0.1) is 6.42 Å². The second-order valence-electron chi connectivity index (χ2n) is 15.5. The van der Waals surface area contributed by atoms with E-state index < -0.39 is 12.1 Å². The molecule has 0 heterocycles. The molecule has 2 fully saturated rings. The normalized spacial score (nSPS) is 16.4. The van der Waals surface area contributed by atoms with Crippen LogP contribution in [0.15, 0.2) is 0 Å². The summed E-state index contributed by atoms with van der Waals surface area (Å²) < 4.78 is 11.2. The smallest absolute Gasteiger partial charge is 0.306 e. The number of thioether (sulfide) groups is 1. The molecule has 0 aromatic rings. The van der Waals surface area contributed by atoms with Crippen LogP contribution in [0.4, 0.5) is 0 Å². The monoisotopic (exact) mass is 709 g/mol. The van der Waals surface area contributed by atoms with E-state index in [2.05, 4.69) is 0 Å². The Labute approximate surface area is 305 Å². The maximum Gasteiger partial charge on any atom is 0.306 e. The number of carbonyl (C=O) groups excluding carboxylic acids is 2. The first kappa shape index (κ1) is 43.9. The van der Waals surface area contributed by atoms with Crippen molar-refractivity contribution in [2.24, 2.45) is 11.8 Å². The first-order valence-corrected chi connectivity index (χ1v) is 22.3.